The average molecular weight is 174 g/mol. The summed E-state index contributed by atoms with van der Waals surface area (Å²) < 4.78 is 12.6. The molecule has 0 unspecified atom stereocenters. The highest BCUT2D eigenvalue weighted by atomic mass is 19.1. The summed E-state index contributed by atoms with van der Waals surface area (Å²) in [5.74, 6) is -0.243. The third-order valence-corrected chi connectivity index (χ3v) is 1.70. The van der Waals surface area contributed by atoms with Gasteiger partial charge >= 0.3 is 0 Å². The molecule has 0 radical (unpaired) electrons. The number of aromatic nitrogens is 2. The Labute approximate surface area is 75.1 Å². The highest BCUT2D eigenvalue weighted by Crippen LogP contribution is 2.14. The molecule has 1 heterocycles. The van der Waals surface area contributed by atoms with Gasteiger partial charge < -0.3 is 0 Å². The molecule has 0 aliphatic rings. The zero-order valence-corrected chi connectivity index (χ0v) is 6.81. The molecule has 1 aromatic carbocycles. The lowest BCUT2D eigenvalue weighted by atomic mass is 10.2. The topological polar surface area (TPSA) is 25.8 Å². The van der Waals surface area contributed by atoms with E-state index < -0.39 is 0 Å². The quantitative estimate of drug-likeness (QED) is 0.662. The monoisotopic (exact) mass is 174 g/mol. The second-order valence-corrected chi connectivity index (χ2v) is 2.60. The van der Waals surface area contributed by atoms with Crippen molar-refractivity contribution >= 4 is 0 Å². The fourth-order valence-electron chi connectivity index (χ4n) is 1.07. The molecule has 0 aliphatic heterocycles. The van der Waals surface area contributed by atoms with Crippen molar-refractivity contribution in [2.24, 2.45) is 0 Å². The van der Waals surface area contributed by atoms with Crippen LogP contribution in [0.1, 0.15) is 0 Å². The Bertz CT molecular complexity index is 383. The summed E-state index contributed by atoms with van der Waals surface area (Å²) in [7, 11) is 0. The van der Waals surface area contributed by atoms with Crippen molar-refractivity contribution in [3.63, 3.8) is 0 Å². The molecular weight excluding hydrogens is 167 g/mol. The predicted octanol–water partition coefficient (Wildman–Crippen LogP) is 2.28. The fourth-order valence-corrected chi connectivity index (χ4v) is 1.07. The van der Waals surface area contributed by atoms with Gasteiger partial charge in [0.05, 0.1) is 11.9 Å². The van der Waals surface area contributed by atoms with Gasteiger partial charge in [0.1, 0.15) is 5.82 Å². The summed E-state index contributed by atoms with van der Waals surface area (Å²) >= 11 is 0. The first-order chi connectivity index (χ1) is 6.36. The summed E-state index contributed by atoms with van der Waals surface area (Å²) in [6.45, 7) is 0. The SMILES string of the molecule is Fc1ccc(-c2cnccn2)cc1. The second kappa shape index (κ2) is 3.31. The van der Waals surface area contributed by atoms with Gasteiger partial charge in [0.25, 0.3) is 0 Å². The first kappa shape index (κ1) is 7.86. The molecule has 2 nitrogen and oxygen atoms in total. The largest absolute Gasteiger partial charge is 0.261 e. The van der Waals surface area contributed by atoms with E-state index in [1.54, 1.807) is 30.7 Å². The highest BCUT2D eigenvalue weighted by Gasteiger charge is 1.97. The van der Waals surface area contributed by atoms with Crippen molar-refractivity contribution in [2.45, 2.75) is 0 Å². The van der Waals surface area contributed by atoms with Crippen LogP contribution in [0.15, 0.2) is 42.9 Å². The van der Waals surface area contributed by atoms with Gasteiger partial charge in [-0.05, 0) is 24.3 Å². The van der Waals surface area contributed by atoms with Gasteiger partial charge in [-0.3, -0.25) is 9.97 Å². The van der Waals surface area contributed by atoms with Crippen molar-refractivity contribution in [3.05, 3.63) is 48.7 Å². The lowest BCUT2D eigenvalue weighted by Gasteiger charge is -1.97. The number of benzene rings is 1. The van der Waals surface area contributed by atoms with Crippen LogP contribution in [0.4, 0.5) is 4.39 Å². The summed E-state index contributed by atoms with van der Waals surface area (Å²) in [5, 5.41) is 0. The number of hydrogen-bond acceptors (Lipinski definition) is 2. The Morgan fingerprint density at radius 3 is 2.38 bits per heavy atom. The summed E-state index contributed by atoms with van der Waals surface area (Å²) in [5.41, 5.74) is 1.62. The van der Waals surface area contributed by atoms with Gasteiger partial charge in [0.2, 0.25) is 0 Å². The molecule has 2 rings (SSSR count). The van der Waals surface area contributed by atoms with Gasteiger partial charge in [-0.1, -0.05) is 0 Å². The molecule has 0 atom stereocenters. The first-order valence-electron chi connectivity index (χ1n) is 3.88. The molecule has 64 valence electrons. The molecule has 0 amide bonds. The van der Waals surface area contributed by atoms with E-state index in [1.807, 2.05) is 0 Å². The van der Waals surface area contributed by atoms with Crippen LogP contribution in [0.25, 0.3) is 11.3 Å². The number of nitrogens with zero attached hydrogens (tertiary/aromatic N) is 2. The average Bonchev–Trinajstić information content (AvgIpc) is 2.20. The molecule has 0 aliphatic carbocycles. The Morgan fingerprint density at radius 2 is 1.77 bits per heavy atom. The van der Waals surface area contributed by atoms with Crippen molar-refractivity contribution < 1.29 is 4.39 Å². The molecule has 0 spiro atoms. The van der Waals surface area contributed by atoms with Crippen molar-refractivity contribution in [3.8, 4) is 11.3 Å². The maximum absolute atomic E-state index is 12.6. The molecule has 0 fully saturated rings. The van der Waals surface area contributed by atoms with Crippen LogP contribution in [0.5, 0.6) is 0 Å². The van der Waals surface area contributed by atoms with Crippen molar-refractivity contribution in [1.29, 1.82) is 0 Å². The predicted molar refractivity (Wildman–Crippen MR) is 47.4 cm³/mol. The minimum absolute atomic E-state index is 0.243. The minimum atomic E-state index is -0.243. The van der Waals surface area contributed by atoms with Crippen LogP contribution in [0.3, 0.4) is 0 Å². The maximum atomic E-state index is 12.6. The smallest absolute Gasteiger partial charge is 0.123 e. The minimum Gasteiger partial charge on any atom is -0.261 e. The van der Waals surface area contributed by atoms with Crippen LogP contribution in [-0.4, -0.2) is 9.97 Å². The fraction of sp³-hybridized carbons (Fsp3) is 0. The lowest BCUT2D eigenvalue weighted by molar-refractivity contribution is 0.628. The lowest BCUT2D eigenvalue weighted by Crippen LogP contribution is -1.83. The van der Waals surface area contributed by atoms with Gasteiger partial charge in [-0.25, -0.2) is 4.39 Å². The van der Waals surface area contributed by atoms with E-state index in [1.165, 1.54) is 12.1 Å². The first-order valence-corrected chi connectivity index (χ1v) is 3.88. The van der Waals surface area contributed by atoms with E-state index in [0.717, 1.165) is 11.3 Å². The third-order valence-electron chi connectivity index (χ3n) is 1.70. The van der Waals surface area contributed by atoms with E-state index in [0.29, 0.717) is 0 Å². The molecule has 3 heteroatoms. The van der Waals surface area contributed by atoms with Crippen molar-refractivity contribution in [1.82, 2.24) is 9.97 Å². The number of hydrogen-bond donors (Lipinski definition) is 0. The van der Waals surface area contributed by atoms with Crippen LogP contribution in [0.2, 0.25) is 0 Å². The van der Waals surface area contributed by atoms with E-state index in [9.17, 15) is 4.39 Å². The number of rotatable bonds is 1. The maximum Gasteiger partial charge on any atom is 0.123 e. The van der Waals surface area contributed by atoms with Gasteiger partial charge in [0.15, 0.2) is 0 Å². The summed E-state index contributed by atoms with van der Waals surface area (Å²) in [4.78, 5) is 8.02. The van der Waals surface area contributed by atoms with E-state index in [-0.39, 0.29) is 5.82 Å². The Kier molecular flexibility index (Phi) is 2.00. The van der Waals surface area contributed by atoms with E-state index in [2.05, 4.69) is 9.97 Å². The van der Waals surface area contributed by atoms with Gasteiger partial charge in [-0.15, -0.1) is 0 Å². The normalized spacial score (nSPS) is 9.92. The van der Waals surface area contributed by atoms with E-state index in [4.69, 9.17) is 0 Å². The second-order valence-electron chi connectivity index (χ2n) is 2.60. The zero-order valence-electron chi connectivity index (χ0n) is 6.81. The zero-order chi connectivity index (χ0) is 9.10. The highest BCUT2D eigenvalue weighted by molar-refractivity contribution is 5.57. The molecule has 2 aromatic rings. The molecule has 0 N–H and O–H groups in total. The van der Waals surface area contributed by atoms with Crippen LogP contribution in [0, 0.1) is 5.82 Å². The van der Waals surface area contributed by atoms with Crippen molar-refractivity contribution in [2.75, 3.05) is 0 Å². The van der Waals surface area contributed by atoms with Gasteiger partial charge in [-0.2, -0.15) is 0 Å². The molecule has 0 saturated carbocycles. The molecular formula is C10H7FN2. The summed E-state index contributed by atoms with van der Waals surface area (Å²) in [6, 6.07) is 6.17. The van der Waals surface area contributed by atoms with E-state index >= 15 is 0 Å². The van der Waals surface area contributed by atoms with Gasteiger partial charge in [0, 0.05) is 18.0 Å². The Hall–Kier alpha value is -1.77. The molecule has 0 bridgehead atoms. The Morgan fingerprint density at radius 1 is 1.00 bits per heavy atom. The number of halogens is 1. The molecule has 1 aromatic heterocycles. The van der Waals surface area contributed by atoms with Crippen LogP contribution < -0.4 is 0 Å². The summed E-state index contributed by atoms with van der Waals surface area (Å²) in [6.07, 6.45) is 4.86. The van der Waals surface area contributed by atoms with Crippen LogP contribution >= 0.6 is 0 Å². The molecule has 13 heavy (non-hydrogen) atoms. The molecule has 0 saturated heterocycles. The standard InChI is InChI=1S/C10H7FN2/c11-9-3-1-8(2-4-9)10-7-12-5-6-13-10/h1-7H. The third kappa shape index (κ3) is 1.69. The Balaban J connectivity index is 2.42. The van der Waals surface area contributed by atoms with Crippen LogP contribution in [-0.2, 0) is 0 Å².